The molecule has 1 aliphatic rings. The number of aromatic amines is 1. The van der Waals surface area contributed by atoms with Crippen LogP contribution in [0.25, 0.3) is 0 Å². The van der Waals surface area contributed by atoms with E-state index < -0.39 is 0 Å². The minimum absolute atomic E-state index is 0.0411. The first-order valence-electron chi connectivity index (χ1n) is 7.23. The molecule has 1 fully saturated rings. The summed E-state index contributed by atoms with van der Waals surface area (Å²) in [5, 5.41) is 3.82. The van der Waals surface area contributed by atoms with Crippen LogP contribution >= 0.6 is 11.8 Å². The molecular formula is C15H19N5OS. The molecule has 0 unspecified atom stereocenters. The highest BCUT2D eigenvalue weighted by Gasteiger charge is 2.19. The summed E-state index contributed by atoms with van der Waals surface area (Å²) in [6, 6.07) is 7.73. The molecule has 6 nitrogen and oxygen atoms in total. The summed E-state index contributed by atoms with van der Waals surface area (Å²) in [6.07, 6.45) is 3.50. The van der Waals surface area contributed by atoms with Gasteiger partial charge in [-0.3, -0.25) is 0 Å². The van der Waals surface area contributed by atoms with Crippen LogP contribution in [0.4, 0.5) is 10.5 Å². The van der Waals surface area contributed by atoms with E-state index in [-0.39, 0.29) is 6.03 Å². The number of carbonyl (C=O) groups is 1. The molecule has 0 atom stereocenters. The number of nitrogens with one attached hydrogen (secondary N) is 2. The van der Waals surface area contributed by atoms with Gasteiger partial charge in [0, 0.05) is 43.5 Å². The van der Waals surface area contributed by atoms with Crippen molar-refractivity contribution in [3.05, 3.63) is 36.7 Å². The fraction of sp³-hybridized carbons (Fsp3) is 0.333. The number of aromatic nitrogens is 2. The molecule has 1 saturated heterocycles. The maximum absolute atomic E-state index is 12.4. The van der Waals surface area contributed by atoms with Crippen LogP contribution in [0, 0.1) is 0 Å². The number of hydrogen-bond acceptors (Lipinski definition) is 4. The largest absolute Gasteiger partial charge is 0.339 e. The highest BCUT2D eigenvalue weighted by Crippen LogP contribution is 2.31. The first-order chi connectivity index (χ1) is 10.7. The first-order valence-corrected chi connectivity index (χ1v) is 8.05. The molecule has 3 rings (SSSR count). The van der Waals surface area contributed by atoms with Gasteiger partial charge in [-0.2, -0.15) is 0 Å². The van der Waals surface area contributed by atoms with E-state index in [0.29, 0.717) is 0 Å². The van der Waals surface area contributed by atoms with E-state index in [1.54, 1.807) is 12.4 Å². The number of likely N-dealkylation sites (N-methyl/N-ethyl adjacent to an activating group) is 1. The van der Waals surface area contributed by atoms with Crippen molar-refractivity contribution >= 4 is 23.5 Å². The Labute approximate surface area is 133 Å². The lowest BCUT2D eigenvalue weighted by atomic mass is 10.3. The van der Waals surface area contributed by atoms with Gasteiger partial charge in [0.1, 0.15) is 0 Å². The Morgan fingerprint density at radius 3 is 2.77 bits per heavy atom. The molecule has 2 aromatic rings. The summed E-state index contributed by atoms with van der Waals surface area (Å²) < 4.78 is 0. The van der Waals surface area contributed by atoms with E-state index in [9.17, 15) is 4.79 Å². The van der Waals surface area contributed by atoms with Gasteiger partial charge in [0.25, 0.3) is 0 Å². The third kappa shape index (κ3) is 3.61. The van der Waals surface area contributed by atoms with Gasteiger partial charge in [0.05, 0.1) is 5.69 Å². The zero-order valence-electron chi connectivity index (χ0n) is 12.5. The summed E-state index contributed by atoms with van der Waals surface area (Å²) >= 11 is 1.50. The predicted octanol–water partition coefficient (Wildman–Crippen LogP) is 2.34. The molecule has 7 heteroatoms. The highest BCUT2D eigenvalue weighted by atomic mass is 32.2. The van der Waals surface area contributed by atoms with Gasteiger partial charge in [-0.1, -0.05) is 12.1 Å². The molecule has 0 spiro atoms. The summed E-state index contributed by atoms with van der Waals surface area (Å²) in [6.45, 7) is 3.35. The summed E-state index contributed by atoms with van der Waals surface area (Å²) in [5.41, 5.74) is 0.813. The molecule has 2 N–H and O–H groups in total. The van der Waals surface area contributed by atoms with Crippen LogP contribution in [0.2, 0.25) is 0 Å². The molecule has 1 aromatic carbocycles. The lowest BCUT2D eigenvalue weighted by Gasteiger charge is -2.32. The second-order valence-corrected chi connectivity index (χ2v) is 6.24. The summed E-state index contributed by atoms with van der Waals surface area (Å²) in [4.78, 5) is 24.7. The van der Waals surface area contributed by atoms with Crippen LogP contribution in [0.5, 0.6) is 0 Å². The number of urea groups is 1. The Morgan fingerprint density at radius 1 is 1.27 bits per heavy atom. The molecule has 0 aliphatic carbocycles. The van der Waals surface area contributed by atoms with Gasteiger partial charge in [0.15, 0.2) is 5.16 Å². The van der Waals surface area contributed by atoms with E-state index in [1.165, 1.54) is 11.8 Å². The van der Waals surface area contributed by atoms with Crippen molar-refractivity contribution in [2.24, 2.45) is 0 Å². The number of para-hydroxylation sites is 1. The van der Waals surface area contributed by atoms with E-state index in [2.05, 4.69) is 27.2 Å². The topological polar surface area (TPSA) is 64.3 Å². The zero-order valence-corrected chi connectivity index (χ0v) is 13.3. The Kier molecular flexibility index (Phi) is 4.65. The van der Waals surface area contributed by atoms with E-state index >= 15 is 0 Å². The van der Waals surface area contributed by atoms with Gasteiger partial charge >= 0.3 is 6.03 Å². The second kappa shape index (κ2) is 6.85. The summed E-state index contributed by atoms with van der Waals surface area (Å²) in [7, 11) is 2.07. The van der Waals surface area contributed by atoms with E-state index in [4.69, 9.17) is 0 Å². The van der Waals surface area contributed by atoms with Gasteiger partial charge < -0.3 is 20.1 Å². The van der Waals surface area contributed by atoms with Gasteiger partial charge in [-0.25, -0.2) is 9.78 Å². The third-order valence-electron chi connectivity index (χ3n) is 3.60. The number of H-pyrrole nitrogens is 1. The number of benzene rings is 1. The molecular weight excluding hydrogens is 298 g/mol. The average molecular weight is 317 g/mol. The number of nitrogens with zero attached hydrogens (tertiary/aromatic N) is 3. The van der Waals surface area contributed by atoms with Crippen LogP contribution in [-0.2, 0) is 0 Å². The number of amides is 2. The number of imidazole rings is 1. The van der Waals surface area contributed by atoms with Crippen LogP contribution < -0.4 is 5.32 Å². The molecule has 22 heavy (non-hydrogen) atoms. The van der Waals surface area contributed by atoms with Crippen LogP contribution in [0.1, 0.15) is 0 Å². The molecule has 2 amide bonds. The number of carbonyl (C=O) groups excluding carboxylic acids is 1. The zero-order chi connectivity index (χ0) is 15.4. The number of hydrogen-bond donors (Lipinski definition) is 2. The minimum atomic E-state index is -0.0411. The minimum Gasteiger partial charge on any atom is -0.339 e. The second-order valence-electron chi connectivity index (χ2n) is 5.21. The van der Waals surface area contributed by atoms with Crippen molar-refractivity contribution in [3.63, 3.8) is 0 Å². The number of rotatable bonds is 3. The molecule has 1 aliphatic heterocycles. The van der Waals surface area contributed by atoms with Crippen molar-refractivity contribution in [1.29, 1.82) is 0 Å². The maximum Gasteiger partial charge on any atom is 0.321 e. The first kappa shape index (κ1) is 14.9. The normalized spacial score (nSPS) is 15.8. The van der Waals surface area contributed by atoms with Gasteiger partial charge in [-0.05, 0) is 30.9 Å². The average Bonchev–Trinajstić information content (AvgIpc) is 3.03. The standard InChI is InChI=1S/C15H19N5OS/c1-19-8-10-20(11-9-19)15(21)18-12-4-2-3-5-13(12)22-14-16-6-7-17-14/h2-7H,8-11H2,1H3,(H,16,17)(H,18,21). The highest BCUT2D eigenvalue weighted by molar-refractivity contribution is 7.99. The lowest BCUT2D eigenvalue weighted by molar-refractivity contribution is 0.164. The summed E-state index contributed by atoms with van der Waals surface area (Å²) in [5.74, 6) is 0. The Bertz CT molecular complexity index is 623. The van der Waals surface area contributed by atoms with Crippen LogP contribution in [0.3, 0.4) is 0 Å². The van der Waals surface area contributed by atoms with Crippen molar-refractivity contribution in [2.45, 2.75) is 10.1 Å². The van der Waals surface area contributed by atoms with Crippen LogP contribution in [0.15, 0.2) is 46.7 Å². The van der Waals surface area contributed by atoms with Crippen molar-refractivity contribution < 1.29 is 4.79 Å². The van der Waals surface area contributed by atoms with Gasteiger partial charge in [-0.15, -0.1) is 0 Å². The molecule has 0 bridgehead atoms. The monoisotopic (exact) mass is 317 g/mol. The predicted molar refractivity (Wildman–Crippen MR) is 87.2 cm³/mol. The quantitative estimate of drug-likeness (QED) is 0.912. The molecule has 1 aromatic heterocycles. The maximum atomic E-state index is 12.4. The van der Waals surface area contributed by atoms with Crippen LogP contribution in [-0.4, -0.2) is 59.0 Å². The Balaban J connectivity index is 1.68. The smallest absolute Gasteiger partial charge is 0.321 e. The van der Waals surface area contributed by atoms with Crippen molar-refractivity contribution in [1.82, 2.24) is 19.8 Å². The molecule has 0 saturated carbocycles. The van der Waals surface area contributed by atoms with E-state index in [1.807, 2.05) is 29.2 Å². The Hall–Kier alpha value is -1.99. The Morgan fingerprint density at radius 2 is 2.05 bits per heavy atom. The number of piperazine rings is 1. The third-order valence-corrected chi connectivity index (χ3v) is 4.59. The lowest BCUT2D eigenvalue weighted by Crippen LogP contribution is -2.48. The molecule has 0 radical (unpaired) electrons. The van der Waals surface area contributed by atoms with Gasteiger partial charge in [0.2, 0.25) is 0 Å². The number of anilines is 1. The fourth-order valence-electron chi connectivity index (χ4n) is 2.27. The molecule has 116 valence electrons. The fourth-order valence-corrected chi connectivity index (χ4v) is 3.10. The van der Waals surface area contributed by atoms with Crippen molar-refractivity contribution in [2.75, 3.05) is 38.5 Å². The molecule has 2 heterocycles. The van der Waals surface area contributed by atoms with Crippen molar-refractivity contribution in [3.8, 4) is 0 Å². The van der Waals surface area contributed by atoms with E-state index in [0.717, 1.165) is 41.9 Å². The SMILES string of the molecule is CN1CCN(C(=O)Nc2ccccc2Sc2ncc[nH]2)CC1.